The van der Waals surface area contributed by atoms with Crippen molar-refractivity contribution >= 4 is 60.1 Å². The third-order valence-corrected chi connectivity index (χ3v) is 4.55. The molecule has 2 rings (SSSR count). The molecule has 1 unspecified atom stereocenters. The molecule has 0 saturated carbocycles. The molecule has 3 nitrogen and oxygen atoms in total. The van der Waals surface area contributed by atoms with Crippen LogP contribution in [0.1, 0.15) is 19.8 Å². The molecule has 102 valence electrons. The van der Waals surface area contributed by atoms with Crippen molar-refractivity contribution in [2.24, 2.45) is 0 Å². The summed E-state index contributed by atoms with van der Waals surface area (Å²) in [5, 5.41) is 3.37. The van der Waals surface area contributed by atoms with Crippen LogP contribution in [0, 0.1) is 5.82 Å². The Morgan fingerprint density at radius 1 is 1.63 bits per heavy atom. The fourth-order valence-electron chi connectivity index (χ4n) is 1.58. The number of rotatable bonds is 4. The Kier molecular flexibility index (Phi) is 4.76. The highest BCUT2D eigenvalue weighted by molar-refractivity contribution is 9.10. The third-order valence-electron chi connectivity index (χ3n) is 2.47. The molecule has 0 saturated heterocycles. The minimum absolute atomic E-state index is 0.155. The second-order valence-electron chi connectivity index (χ2n) is 4.00. The van der Waals surface area contributed by atoms with Crippen molar-refractivity contribution in [2.45, 2.75) is 24.6 Å². The van der Waals surface area contributed by atoms with Crippen LogP contribution in [0.25, 0.3) is 10.2 Å². The number of carbonyl (C=O) groups excluding carboxylic acids is 1. The van der Waals surface area contributed by atoms with E-state index in [-0.39, 0.29) is 15.8 Å². The number of fused-ring (bicyclic) bond motifs is 1. The zero-order valence-electron chi connectivity index (χ0n) is 10.0. The number of hydrogen-bond acceptors (Lipinski definition) is 3. The minimum atomic E-state index is -0.414. The second-order valence-corrected chi connectivity index (χ2v) is 6.54. The van der Waals surface area contributed by atoms with Crippen LogP contribution in [-0.4, -0.2) is 15.7 Å². The molecule has 2 aromatic rings. The molecular formula is C12H11BrClFN2OS. The van der Waals surface area contributed by atoms with Gasteiger partial charge in [0.25, 0.3) is 0 Å². The first-order chi connectivity index (χ1) is 9.01. The number of amides is 1. The minimum Gasteiger partial charge on any atom is -0.301 e. The van der Waals surface area contributed by atoms with E-state index in [1.807, 2.05) is 6.92 Å². The highest BCUT2D eigenvalue weighted by atomic mass is 79.9. The van der Waals surface area contributed by atoms with Crippen LogP contribution in [0.4, 0.5) is 9.52 Å². The van der Waals surface area contributed by atoms with Crippen molar-refractivity contribution in [3.63, 3.8) is 0 Å². The Hall–Kier alpha value is -0.720. The molecule has 1 heterocycles. The van der Waals surface area contributed by atoms with Gasteiger partial charge in [-0.05, 0) is 18.6 Å². The van der Waals surface area contributed by atoms with Crippen molar-refractivity contribution in [1.82, 2.24) is 4.98 Å². The number of anilines is 1. The summed E-state index contributed by atoms with van der Waals surface area (Å²) in [4.78, 5) is 15.8. The molecule has 0 spiro atoms. The van der Waals surface area contributed by atoms with E-state index >= 15 is 0 Å². The predicted octanol–water partition coefficient (Wildman–Crippen LogP) is 4.59. The van der Waals surface area contributed by atoms with E-state index in [4.69, 9.17) is 11.6 Å². The molecule has 0 aliphatic heterocycles. The quantitative estimate of drug-likeness (QED) is 0.805. The summed E-state index contributed by atoms with van der Waals surface area (Å²) in [5.74, 6) is -0.569. The average Bonchev–Trinajstić information content (AvgIpc) is 2.72. The van der Waals surface area contributed by atoms with E-state index in [1.54, 1.807) is 0 Å². The van der Waals surface area contributed by atoms with Gasteiger partial charge in [0.1, 0.15) is 11.3 Å². The summed E-state index contributed by atoms with van der Waals surface area (Å²) < 4.78 is 13.8. The smallest absolute Gasteiger partial charge is 0.239 e. The zero-order valence-corrected chi connectivity index (χ0v) is 13.2. The van der Waals surface area contributed by atoms with Crippen molar-refractivity contribution in [3.05, 3.63) is 23.0 Å². The molecule has 19 heavy (non-hydrogen) atoms. The molecule has 0 bridgehead atoms. The summed E-state index contributed by atoms with van der Waals surface area (Å²) >= 11 is 10.4. The molecule has 1 aromatic carbocycles. The summed E-state index contributed by atoms with van der Waals surface area (Å²) in [6, 6.07) is 2.56. The Morgan fingerprint density at radius 2 is 2.37 bits per heavy atom. The van der Waals surface area contributed by atoms with Crippen LogP contribution < -0.4 is 5.32 Å². The molecule has 7 heteroatoms. The van der Waals surface area contributed by atoms with Gasteiger partial charge in [-0.1, -0.05) is 52.2 Å². The van der Waals surface area contributed by atoms with Crippen molar-refractivity contribution in [1.29, 1.82) is 0 Å². The van der Waals surface area contributed by atoms with E-state index in [0.29, 0.717) is 15.3 Å². The highest BCUT2D eigenvalue weighted by Crippen LogP contribution is 2.32. The van der Waals surface area contributed by atoms with E-state index < -0.39 is 5.82 Å². The van der Waals surface area contributed by atoms with Gasteiger partial charge in [-0.15, -0.1) is 0 Å². The summed E-state index contributed by atoms with van der Waals surface area (Å²) in [7, 11) is 0. The maximum atomic E-state index is 13.2. The van der Waals surface area contributed by atoms with Crippen LogP contribution in [0.15, 0.2) is 12.1 Å². The van der Waals surface area contributed by atoms with Crippen LogP contribution in [-0.2, 0) is 4.79 Å². The number of carbonyl (C=O) groups is 1. The van der Waals surface area contributed by atoms with Crippen LogP contribution in [0.2, 0.25) is 5.02 Å². The third kappa shape index (κ3) is 3.43. The Balaban J connectivity index is 2.22. The lowest BCUT2D eigenvalue weighted by Gasteiger charge is -2.06. The first-order valence-electron chi connectivity index (χ1n) is 5.71. The molecule has 1 N–H and O–H groups in total. The van der Waals surface area contributed by atoms with Crippen LogP contribution >= 0.6 is 38.9 Å². The first kappa shape index (κ1) is 14.7. The number of benzene rings is 1. The van der Waals surface area contributed by atoms with Gasteiger partial charge >= 0.3 is 0 Å². The largest absolute Gasteiger partial charge is 0.301 e. The van der Waals surface area contributed by atoms with E-state index in [2.05, 4.69) is 26.2 Å². The standard InChI is InChI=1S/C12H11BrClFN2OS/c1-2-3-7(13)11(18)17-12-16-10-8(14)4-6(15)5-9(10)19-12/h4-5,7H,2-3H2,1H3,(H,16,17,18). The normalized spacial score (nSPS) is 12.6. The van der Waals surface area contributed by atoms with Gasteiger partial charge in [-0.2, -0.15) is 0 Å². The van der Waals surface area contributed by atoms with E-state index in [1.165, 1.54) is 23.5 Å². The van der Waals surface area contributed by atoms with Gasteiger partial charge in [0.15, 0.2) is 5.13 Å². The predicted molar refractivity (Wildman–Crippen MR) is 80.8 cm³/mol. The van der Waals surface area contributed by atoms with Crippen LogP contribution in [0.3, 0.4) is 0 Å². The van der Waals surface area contributed by atoms with Crippen molar-refractivity contribution in [2.75, 3.05) is 5.32 Å². The number of thiazole rings is 1. The molecule has 0 radical (unpaired) electrons. The number of halogens is 3. The number of aromatic nitrogens is 1. The fourth-order valence-corrected chi connectivity index (χ4v) is 3.38. The SMILES string of the molecule is CCCC(Br)C(=O)Nc1nc2c(Cl)cc(F)cc2s1. The fraction of sp³-hybridized carbons (Fsp3) is 0.333. The molecular weight excluding hydrogens is 355 g/mol. The van der Waals surface area contributed by atoms with Gasteiger partial charge in [-0.25, -0.2) is 9.37 Å². The Morgan fingerprint density at radius 3 is 3.05 bits per heavy atom. The molecule has 1 atom stereocenters. The van der Waals surface area contributed by atoms with Gasteiger partial charge in [0.2, 0.25) is 5.91 Å². The maximum absolute atomic E-state index is 13.2. The lowest BCUT2D eigenvalue weighted by molar-refractivity contribution is -0.115. The molecule has 0 aliphatic carbocycles. The molecule has 0 aliphatic rings. The number of alkyl halides is 1. The van der Waals surface area contributed by atoms with E-state index in [0.717, 1.165) is 12.8 Å². The van der Waals surface area contributed by atoms with Gasteiger partial charge in [0, 0.05) is 0 Å². The molecule has 1 amide bonds. The van der Waals surface area contributed by atoms with Gasteiger partial charge < -0.3 is 5.32 Å². The Labute approximate surface area is 127 Å². The average molecular weight is 366 g/mol. The molecule has 1 aromatic heterocycles. The van der Waals surface area contributed by atoms with Crippen molar-refractivity contribution < 1.29 is 9.18 Å². The zero-order chi connectivity index (χ0) is 14.0. The monoisotopic (exact) mass is 364 g/mol. The van der Waals surface area contributed by atoms with Crippen LogP contribution in [0.5, 0.6) is 0 Å². The van der Waals surface area contributed by atoms with Crippen molar-refractivity contribution in [3.8, 4) is 0 Å². The summed E-state index contributed by atoms with van der Waals surface area (Å²) in [6.45, 7) is 2.00. The van der Waals surface area contributed by atoms with Gasteiger partial charge in [0.05, 0.1) is 14.5 Å². The second kappa shape index (κ2) is 6.15. The maximum Gasteiger partial charge on any atom is 0.239 e. The lowest BCUT2D eigenvalue weighted by atomic mass is 10.2. The topological polar surface area (TPSA) is 42.0 Å². The first-order valence-corrected chi connectivity index (χ1v) is 7.82. The number of nitrogens with one attached hydrogen (secondary N) is 1. The number of hydrogen-bond donors (Lipinski definition) is 1. The lowest BCUT2D eigenvalue weighted by Crippen LogP contribution is -2.22. The van der Waals surface area contributed by atoms with E-state index in [9.17, 15) is 9.18 Å². The van der Waals surface area contributed by atoms with Gasteiger partial charge in [-0.3, -0.25) is 4.79 Å². The summed E-state index contributed by atoms with van der Waals surface area (Å²) in [6.07, 6.45) is 1.65. The highest BCUT2D eigenvalue weighted by Gasteiger charge is 2.16. The Bertz CT molecular complexity index is 619. The summed E-state index contributed by atoms with van der Waals surface area (Å²) in [5.41, 5.74) is 0.505. The number of nitrogens with zero attached hydrogens (tertiary/aromatic N) is 1. The molecule has 0 fully saturated rings.